The molecule has 1 aromatic carbocycles. The summed E-state index contributed by atoms with van der Waals surface area (Å²) in [4.78, 5) is 4.19. The van der Waals surface area contributed by atoms with E-state index < -0.39 is 0 Å². The molecule has 0 amide bonds. The van der Waals surface area contributed by atoms with E-state index in [9.17, 15) is 4.39 Å². The zero-order chi connectivity index (χ0) is 12.4. The number of nitrogens with one attached hydrogen (secondary N) is 1. The van der Waals surface area contributed by atoms with Gasteiger partial charge in [-0.2, -0.15) is 0 Å². The first-order chi connectivity index (χ1) is 8.84. The lowest BCUT2D eigenvalue weighted by molar-refractivity contribution is 0.564. The van der Waals surface area contributed by atoms with Crippen molar-refractivity contribution in [1.29, 1.82) is 0 Å². The van der Waals surface area contributed by atoms with Gasteiger partial charge in [0.15, 0.2) is 0 Å². The van der Waals surface area contributed by atoms with E-state index in [2.05, 4.69) is 10.3 Å². The maximum atomic E-state index is 13.6. The van der Waals surface area contributed by atoms with Crippen LogP contribution in [-0.2, 0) is 6.54 Å². The number of halogens is 1. The fourth-order valence-corrected chi connectivity index (χ4v) is 2.50. The first-order valence-electron chi connectivity index (χ1n) is 6.31. The zero-order valence-corrected chi connectivity index (χ0v) is 10.1. The Morgan fingerprint density at radius 2 is 2.28 bits per heavy atom. The van der Waals surface area contributed by atoms with Gasteiger partial charge >= 0.3 is 0 Å². The van der Waals surface area contributed by atoms with Gasteiger partial charge in [0.25, 0.3) is 0 Å². The molecule has 1 atom stereocenters. The Morgan fingerprint density at radius 1 is 1.39 bits per heavy atom. The molecule has 1 fully saturated rings. The number of aromatic nitrogens is 2. The van der Waals surface area contributed by atoms with E-state index in [0.29, 0.717) is 18.2 Å². The fourth-order valence-electron chi connectivity index (χ4n) is 2.50. The molecule has 18 heavy (non-hydrogen) atoms. The van der Waals surface area contributed by atoms with Crippen molar-refractivity contribution in [2.24, 2.45) is 0 Å². The lowest BCUT2D eigenvalue weighted by Gasteiger charge is -2.14. The molecule has 4 heteroatoms. The van der Waals surface area contributed by atoms with Crippen LogP contribution >= 0.6 is 0 Å². The molecular formula is C14H16FN3. The van der Waals surface area contributed by atoms with E-state index in [1.165, 1.54) is 12.5 Å². The van der Waals surface area contributed by atoms with Crippen molar-refractivity contribution >= 4 is 0 Å². The normalized spacial score (nSPS) is 19.3. The van der Waals surface area contributed by atoms with E-state index in [1.807, 2.05) is 22.9 Å². The van der Waals surface area contributed by atoms with Crippen LogP contribution in [0.5, 0.6) is 0 Å². The summed E-state index contributed by atoms with van der Waals surface area (Å²) in [6.07, 6.45) is 5.98. The van der Waals surface area contributed by atoms with Crippen molar-refractivity contribution in [3.63, 3.8) is 0 Å². The number of hydrogen-bond acceptors (Lipinski definition) is 2. The van der Waals surface area contributed by atoms with E-state index in [0.717, 1.165) is 18.7 Å². The second-order valence-electron chi connectivity index (χ2n) is 4.69. The van der Waals surface area contributed by atoms with E-state index in [4.69, 9.17) is 0 Å². The molecule has 3 rings (SSSR count). The third-order valence-corrected chi connectivity index (χ3v) is 3.46. The predicted octanol–water partition coefficient (Wildman–Crippen LogP) is 2.50. The van der Waals surface area contributed by atoms with Crippen LogP contribution in [0.25, 0.3) is 0 Å². The Labute approximate surface area is 106 Å². The van der Waals surface area contributed by atoms with Crippen molar-refractivity contribution < 1.29 is 4.39 Å². The molecule has 1 aliphatic rings. The van der Waals surface area contributed by atoms with Crippen molar-refractivity contribution in [3.8, 4) is 0 Å². The smallest absolute Gasteiger partial charge is 0.128 e. The minimum atomic E-state index is -0.156. The van der Waals surface area contributed by atoms with Gasteiger partial charge in [-0.15, -0.1) is 0 Å². The molecule has 0 spiro atoms. The summed E-state index contributed by atoms with van der Waals surface area (Å²) < 4.78 is 15.7. The molecule has 1 saturated heterocycles. The standard InChI is InChI=1S/C14H16FN3/c15-12-5-2-1-4-11(12)9-18-10-16-8-14(18)13-6-3-7-17-13/h1-2,4-5,8,10,13,17H,3,6-7,9H2. The Balaban J connectivity index is 1.85. The molecular weight excluding hydrogens is 229 g/mol. The van der Waals surface area contributed by atoms with Crippen LogP contribution in [0.1, 0.15) is 30.1 Å². The summed E-state index contributed by atoms with van der Waals surface area (Å²) in [6, 6.07) is 7.26. The summed E-state index contributed by atoms with van der Waals surface area (Å²) in [7, 11) is 0. The number of hydrogen-bond donors (Lipinski definition) is 1. The number of rotatable bonds is 3. The molecule has 0 saturated carbocycles. The molecule has 3 nitrogen and oxygen atoms in total. The second-order valence-corrected chi connectivity index (χ2v) is 4.69. The van der Waals surface area contributed by atoms with Gasteiger partial charge < -0.3 is 9.88 Å². The van der Waals surface area contributed by atoms with Crippen molar-refractivity contribution in [1.82, 2.24) is 14.9 Å². The van der Waals surface area contributed by atoms with Crippen molar-refractivity contribution in [3.05, 3.63) is 53.9 Å². The summed E-state index contributed by atoms with van der Waals surface area (Å²) in [5.41, 5.74) is 1.85. The Kier molecular flexibility index (Phi) is 3.11. The summed E-state index contributed by atoms with van der Waals surface area (Å²) in [5.74, 6) is -0.156. The Morgan fingerprint density at radius 3 is 3.06 bits per heavy atom. The van der Waals surface area contributed by atoms with Crippen LogP contribution < -0.4 is 5.32 Å². The van der Waals surface area contributed by atoms with Gasteiger partial charge in [-0.05, 0) is 25.5 Å². The topological polar surface area (TPSA) is 29.9 Å². The van der Waals surface area contributed by atoms with Gasteiger partial charge in [-0.25, -0.2) is 9.37 Å². The quantitative estimate of drug-likeness (QED) is 0.900. The summed E-state index contributed by atoms with van der Waals surface area (Å²) >= 11 is 0. The first kappa shape index (κ1) is 11.4. The lowest BCUT2D eigenvalue weighted by Crippen LogP contribution is -2.17. The largest absolute Gasteiger partial charge is 0.329 e. The molecule has 0 bridgehead atoms. The fraction of sp³-hybridized carbons (Fsp3) is 0.357. The highest BCUT2D eigenvalue weighted by molar-refractivity contribution is 5.19. The van der Waals surface area contributed by atoms with Gasteiger partial charge in [0.1, 0.15) is 5.82 Å². The molecule has 1 N–H and O–H groups in total. The van der Waals surface area contributed by atoms with Crippen LogP contribution in [0.2, 0.25) is 0 Å². The number of nitrogens with zero attached hydrogens (tertiary/aromatic N) is 2. The number of imidazole rings is 1. The van der Waals surface area contributed by atoms with Crippen LogP contribution in [-0.4, -0.2) is 16.1 Å². The van der Waals surface area contributed by atoms with Crippen molar-refractivity contribution in [2.45, 2.75) is 25.4 Å². The molecule has 1 aromatic heterocycles. The van der Waals surface area contributed by atoms with Gasteiger partial charge in [0.2, 0.25) is 0 Å². The third-order valence-electron chi connectivity index (χ3n) is 3.46. The van der Waals surface area contributed by atoms with Gasteiger partial charge in [-0.3, -0.25) is 0 Å². The molecule has 1 aliphatic heterocycles. The van der Waals surface area contributed by atoms with Crippen molar-refractivity contribution in [2.75, 3.05) is 6.54 Å². The highest BCUT2D eigenvalue weighted by Crippen LogP contribution is 2.23. The Hall–Kier alpha value is -1.68. The average molecular weight is 245 g/mol. The van der Waals surface area contributed by atoms with E-state index >= 15 is 0 Å². The Bertz CT molecular complexity index is 529. The van der Waals surface area contributed by atoms with Crippen LogP contribution in [0.4, 0.5) is 4.39 Å². The minimum Gasteiger partial charge on any atom is -0.329 e. The maximum absolute atomic E-state index is 13.6. The van der Waals surface area contributed by atoms with E-state index in [1.54, 1.807) is 12.4 Å². The van der Waals surface area contributed by atoms with Crippen LogP contribution in [0.15, 0.2) is 36.8 Å². The molecule has 2 heterocycles. The first-order valence-corrected chi connectivity index (χ1v) is 6.31. The summed E-state index contributed by atoms with van der Waals surface area (Å²) in [5, 5.41) is 3.45. The highest BCUT2D eigenvalue weighted by Gasteiger charge is 2.19. The molecule has 0 aliphatic carbocycles. The van der Waals surface area contributed by atoms with Gasteiger partial charge in [0, 0.05) is 17.8 Å². The highest BCUT2D eigenvalue weighted by atomic mass is 19.1. The maximum Gasteiger partial charge on any atom is 0.128 e. The average Bonchev–Trinajstić information content (AvgIpc) is 3.02. The monoisotopic (exact) mass is 245 g/mol. The van der Waals surface area contributed by atoms with E-state index in [-0.39, 0.29) is 5.82 Å². The zero-order valence-electron chi connectivity index (χ0n) is 10.1. The molecule has 1 unspecified atom stereocenters. The molecule has 0 radical (unpaired) electrons. The molecule has 94 valence electrons. The summed E-state index contributed by atoms with van der Waals surface area (Å²) in [6.45, 7) is 1.59. The second kappa shape index (κ2) is 4.90. The van der Waals surface area contributed by atoms with Crippen LogP contribution in [0, 0.1) is 5.82 Å². The number of benzene rings is 1. The third kappa shape index (κ3) is 2.16. The molecule has 2 aromatic rings. The predicted molar refractivity (Wildman–Crippen MR) is 67.7 cm³/mol. The lowest BCUT2D eigenvalue weighted by atomic mass is 10.1. The van der Waals surface area contributed by atoms with Gasteiger partial charge in [0.05, 0.1) is 18.6 Å². The van der Waals surface area contributed by atoms with Gasteiger partial charge in [-0.1, -0.05) is 18.2 Å². The van der Waals surface area contributed by atoms with Crippen LogP contribution in [0.3, 0.4) is 0 Å². The minimum absolute atomic E-state index is 0.156. The SMILES string of the molecule is Fc1ccccc1Cn1cncc1C1CCCN1.